The number of hydrogen-bond acceptors (Lipinski definition) is 3. The molecule has 0 unspecified atom stereocenters. The van der Waals surface area contributed by atoms with Crippen molar-refractivity contribution in [2.45, 2.75) is 0 Å². The molecule has 1 aromatic carbocycles. The Morgan fingerprint density at radius 3 is 2.74 bits per heavy atom. The van der Waals surface area contributed by atoms with Gasteiger partial charge in [-0.05, 0) is 24.5 Å². The second-order valence-electron chi connectivity index (χ2n) is 3.84. The van der Waals surface area contributed by atoms with Gasteiger partial charge in [0.15, 0.2) is 0 Å². The molecule has 0 atom stereocenters. The highest BCUT2D eigenvalue weighted by Gasteiger charge is 2.15. The Balaban J connectivity index is 2.83. The Bertz CT molecular complexity index is 482. The van der Waals surface area contributed by atoms with Crippen LogP contribution < -0.4 is 5.32 Å². The molecule has 0 saturated carbocycles. The van der Waals surface area contributed by atoms with E-state index in [9.17, 15) is 9.59 Å². The van der Waals surface area contributed by atoms with Gasteiger partial charge in [-0.3, -0.25) is 0 Å². The van der Waals surface area contributed by atoms with E-state index in [1.54, 1.807) is 18.8 Å². The van der Waals surface area contributed by atoms with Crippen molar-refractivity contribution in [3.8, 4) is 0 Å². The van der Waals surface area contributed by atoms with E-state index in [-0.39, 0.29) is 17.3 Å². The first-order valence-electron chi connectivity index (χ1n) is 5.49. The highest BCUT2D eigenvalue weighted by atomic mass is 35.5. The number of nitrogens with one attached hydrogen (secondary N) is 1. The maximum Gasteiger partial charge on any atom is 0.337 e. The van der Waals surface area contributed by atoms with Crippen molar-refractivity contribution in [1.29, 1.82) is 0 Å². The molecule has 1 rings (SSSR count). The van der Waals surface area contributed by atoms with Crippen LogP contribution in [-0.4, -0.2) is 47.6 Å². The van der Waals surface area contributed by atoms with Gasteiger partial charge in [-0.25, -0.2) is 9.59 Å². The summed E-state index contributed by atoms with van der Waals surface area (Å²) in [6.45, 7) is 0.579. The van der Waals surface area contributed by atoms with E-state index >= 15 is 0 Å². The van der Waals surface area contributed by atoms with Gasteiger partial charge in [-0.2, -0.15) is 11.8 Å². The van der Waals surface area contributed by atoms with E-state index in [0.717, 1.165) is 5.75 Å². The van der Waals surface area contributed by atoms with Crippen molar-refractivity contribution in [3.63, 3.8) is 0 Å². The van der Waals surface area contributed by atoms with Gasteiger partial charge < -0.3 is 15.3 Å². The first-order valence-corrected chi connectivity index (χ1v) is 7.26. The first-order chi connectivity index (χ1) is 8.95. The Morgan fingerprint density at radius 1 is 1.47 bits per heavy atom. The van der Waals surface area contributed by atoms with Crippen molar-refractivity contribution >= 4 is 41.1 Å². The summed E-state index contributed by atoms with van der Waals surface area (Å²) in [5, 5.41) is 12.0. The van der Waals surface area contributed by atoms with Crippen molar-refractivity contribution in [3.05, 3.63) is 28.8 Å². The summed E-state index contributed by atoms with van der Waals surface area (Å²) < 4.78 is 0. The number of anilines is 1. The number of nitrogens with zero attached hydrogens (tertiary/aromatic N) is 1. The molecule has 2 N–H and O–H groups in total. The Morgan fingerprint density at radius 2 is 2.16 bits per heavy atom. The minimum Gasteiger partial charge on any atom is -0.478 e. The van der Waals surface area contributed by atoms with Gasteiger partial charge in [0.2, 0.25) is 0 Å². The molecule has 0 heterocycles. The van der Waals surface area contributed by atoms with Crippen LogP contribution in [0.1, 0.15) is 10.4 Å². The number of amides is 2. The number of benzene rings is 1. The second-order valence-corrected chi connectivity index (χ2v) is 5.26. The monoisotopic (exact) mass is 302 g/mol. The van der Waals surface area contributed by atoms with E-state index in [1.807, 2.05) is 6.26 Å². The number of aromatic carboxylic acids is 1. The van der Waals surface area contributed by atoms with Crippen molar-refractivity contribution in [2.75, 3.05) is 30.9 Å². The van der Waals surface area contributed by atoms with Gasteiger partial charge in [0.05, 0.1) is 11.3 Å². The van der Waals surface area contributed by atoms with E-state index in [1.165, 1.54) is 23.1 Å². The van der Waals surface area contributed by atoms with Crippen molar-refractivity contribution < 1.29 is 14.7 Å². The van der Waals surface area contributed by atoms with Gasteiger partial charge in [0.1, 0.15) is 0 Å². The fourth-order valence-electron chi connectivity index (χ4n) is 1.35. The minimum atomic E-state index is -1.11. The molecule has 0 spiro atoms. The molecule has 0 aliphatic heterocycles. The van der Waals surface area contributed by atoms with Gasteiger partial charge >= 0.3 is 12.0 Å². The lowest BCUT2D eigenvalue weighted by molar-refractivity contribution is 0.0698. The van der Waals surface area contributed by atoms with Gasteiger partial charge in [-0.15, -0.1) is 0 Å². The largest absolute Gasteiger partial charge is 0.478 e. The van der Waals surface area contributed by atoms with Crippen LogP contribution >= 0.6 is 23.4 Å². The zero-order chi connectivity index (χ0) is 14.4. The maximum absolute atomic E-state index is 11.9. The van der Waals surface area contributed by atoms with Crippen LogP contribution in [0.4, 0.5) is 10.5 Å². The Labute approximate surface area is 120 Å². The standard InChI is InChI=1S/C12H15ClN2O3S/c1-15(5-6-19-2)12(18)14-10-7-8(13)3-4-9(10)11(16)17/h3-4,7H,5-6H2,1-2H3,(H,14,18)(H,16,17). The fraction of sp³-hybridized carbons (Fsp3) is 0.333. The normalized spacial score (nSPS) is 10.1. The van der Waals surface area contributed by atoms with E-state index in [4.69, 9.17) is 16.7 Å². The zero-order valence-electron chi connectivity index (χ0n) is 10.6. The number of thioether (sulfide) groups is 1. The molecule has 0 aliphatic rings. The number of halogens is 1. The molecule has 0 bridgehead atoms. The number of carboxylic acids is 1. The number of carbonyl (C=O) groups is 2. The molecule has 0 aliphatic carbocycles. The molecule has 0 saturated heterocycles. The third kappa shape index (κ3) is 4.65. The number of hydrogen-bond donors (Lipinski definition) is 2. The van der Waals surface area contributed by atoms with Crippen LogP contribution in [-0.2, 0) is 0 Å². The summed E-state index contributed by atoms with van der Waals surface area (Å²) in [5.41, 5.74) is 0.206. The molecular weight excluding hydrogens is 288 g/mol. The lowest BCUT2D eigenvalue weighted by Gasteiger charge is -2.18. The Kier molecular flexibility index (Phi) is 5.98. The number of carboxylic acid groups (broad SMARTS) is 1. The summed E-state index contributed by atoms with van der Waals surface area (Å²) in [7, 11) is 1.65. The van der Waals surface area contributed by atoms with Gasteiger partial charge in [-0.1, -0.05) is 11.6 Å². The summed E-state index contributed by atoms with van der Waals surface area (Å²) in [5.74, 6) is -0.302. The zero-order valence-corrected chi connectivity index (χ0v) is 12.2. The smallest absolute Gasteiger partial charge is 0.337 e. The third-order valence-corrected chi connectivity index (χ3v) is 3.26. The highest BCUT2D eigenvalue weighted by Crippen LogP contribution is 2.21. The van der Waals surface area contributed by atoms with Crippen LogP contribution in [0.5, 0.6) is 0 Å². The average molecular weight is 303 g/mol. The molecule has 104 valence electrons. The maximum atomic E-state index is 11.9. The predicted octanol–water partition coefficient (Wildman–Crippen LogP) is 2.86. The fourth-order valence-corrected chi connectivity index (χ4v) is 1.98. The quantitative estimate of drug-likeness (QED) is 0.877. The lowest BCUT2D eigenvalue weighted by atomic mass is 10.2. The molecule has 1 aromatic rings. The van der Waals surface area contributed by atoms with Crippen molar-refractivity contribution in [2.24, 2.45) is 0 Å². The molecule has 19 heavy (non-hydrogen) atoms. The summed E-state index contributed by atoms with van der Waals surface area (Å²) in [4.78, 5) is 24.4. The number of rotatable bonds is 5. The first kappa shape index (κ1) is 15.7. The average Bonchev–Trinajstić information content (AvgIpc) is 2.35. The van der Waals surface area contributed by atoms with Gasteiger partial charge in [0.25, 0.3) is 0 Å². The third-order valence-electron chi connectivity index (χ3n) is 2.43. The molecular formula is C12H15ClN2O3S. The molecule has 0 radical (unpaired) electrons. The Hall–Kier alpha value is -1.40. The van der Waals surface area contributed by atoms with E-state index < -0.39 is 5.97 Å². The minimum absolute atomic E-state index is 0.0102. The number of urea groups is 1. The van der Waals surface area contributed by atoms with Gasteiger partial charge in [0, 0.05) is 24.4 Å². The lowest BCUT2D eigenvalue weighted by Crippen LogP contribution is -2.33. The second kappa shape index (κ2) is 7.25. The summed E-state index contributed by atoms with van der Waals surface area (Å²) in [6, 6.07) is 3.89. The molecule has 5 nitrogen and oxygen atoms in total. The van der Waals surface area contributed by atoms with Crippen molar-refractivity contribution in [1.82, 2.24) is 4.90 Å². The predicted molar refractivity (Wildman–Crippen MR) is 78.4 cm³/mol. The topological polar surface area (TPSA) is 69.6 Å². The number of carbonyl (C=O) groups excluding carboxylic acids is 1. The summed E-state index contributed by atoms with van der Waals surface area (Å²) >= 11 is 7.43. The van der Waals surface area contributed by atoms with Crippen LogP contribution in [0.2, 0.25) is 5.02 Å². The molecule has 7 heteroatoms. The van der Waals surface area contributed by atoms with Crippen LogP contribution in [0.3, 0.4) is 0 Å². The van der Waals surface area contributed by atoms with Crippen LogP contribution in [0.25, 0.3) is 0 Å². The van der Waals surface area contributed by atoms with E-state index in [0.29, 0.717) is 11.6 Å². The molecule has 0 aromatic heterocycles. The highest BCUT2D eigenvalue weighted by molar-refractivity contribution is 7.98. The van der Waals surface area contributed by atoms with Crippen LogP contribution in [0.15, 0.2) is 18.2 Å². The molecule has 0 fully saturated rings. The van der Waals surface area contributed by atoms with E-state index in [2.05, 4.69) is 5.32 Å². The summed E-state index contributed by atoms with van der Waals surface area (Å²) in [6.07, 6.45) is 1.95. The SMILES string of the molecule is CSCCN(C)C(=O)Nc1cc(Cl)ccc1C(=O)O. The van der Waals surface area contributed by atoms with Crippen LogP contribution in [0, 0.1) is 0 Å². The molecule has 2 amide bonds.